The van der Waals surface area contributed by atoms with Crippen molar-refractivity contribution in [1.82, 2.24) is 9.78 Å². The number of benzene rings is 1. The number of hydrogen-bond donors (Lipinski definition) is 0. The normalized spacial score (nSPS) is 15.6. The average Bonchev–Trinajstić information content (AvgIpc) is 3.08. The minimum atomic E-state index is -0.613. The number of ether oxygens (including phenoxy) is 1. The Morgan fingerprint density at radius 2 is 1.90 bits per heavy atom. The molecule has 0 spiro atoms. The van der Waals surface area contributed by atoms with Crippen molar-refractivity contribution >= 4 is 0 Å². The molecule has 0 amide bonds. The van der Waals surface area contributed by atoms with Gasteiger partial charge >= 0.3 is 0 Å². The van der Waals surface area contributed by atoms with E-state index >= 15 is 0 Å². The summed E-state index contributed by atoms with van der Waals surface area (Å²) in [6.07, 6.45) is 5.89. The largest absolute Gasteiger partial charge is 0.494 e. The van der Waals surface area contributed by atoms with Gasteiger partial charge in [-0.25, -0.2) is 8.78 Å². The number of hydrogen-bond acceptors (Lipinski definition) is 2. The van der Waals surface area contributed by atoms with E-state index in [1.165, 1.54) is 12.1 Å². The standard InChI is InChI=1S/C16H18F2N2O/c1-2-21-12-9-13(17)16(14(18)10-12)15-7-8-19-20(15)11-5-3-4-6-11/h7-11H,2-6H2,1H3. The molecule has 5 heteroatoms. The molecule has 3 nitrogen and oxygen atoms in total. The van der Waals surface area contributed by atoms with Crippen LogP contribution in [0.1, 0.15) is 38.6 Å². The molecule has 2 aromatic rings. The Labute approximate surface area is 122 Å². The van der Waals surface area contributed by atoms with Gasteiger partial charge in [-0.1, -0.05) is 12.8 Å². The molecule has 0 saturated heterocycles. The minimum Gasteiger partial charge on any atom is -0.494 e. The Bertz CT molecular complexity index is 610. The van der Waals surface area contributed by atoms with Gasteiger partial charge in [-0.05, 0) is 25.8 Å². The fourth-order valence-electron chi connectivity index (χ4n) is 3.00. The highest BCUT2D eigenvalue weighted by molar-refractivity contribution is 5.62. The van der Waals surface area contributed by atoms with E-state index in [2.05, 4.69) is 5.10 Å². The van der Waals surface area contributed by atoms with Crippen LogP contribution in [0.3, 0.4) is 0 Å². The summed E-state index contributed by atoms with van der Waals surface area (Å²) < 4.78 is 35.5. The summed E-state index contributed by atoms with van der Waals surface area (Å²) in [6.45, 7) is 2.15. The van der Waals surface area contributed by atoms with Crippen LogP contribution in [0.5, 0.6) is 5.75 Å². The van der Waals surface area contributed by atoms with Crippen molar-refractivity contribution in [3.8, 4) is 17.0 Å². The predicted octanol–water partition coefficient (Wildman–Crippen LogP) is 4.34. The summed E-state index contributed by atoms with van der Waals surface area (Å²) in [5.41, 5.74) is 0.475. The van der Waals surface area contributed by atoms with E-state index in [1.54, 1.807) is 23.9 Å². The van der Waals surface area contributed by atoms with Gasteiger partial charge in [0.2, 0.25) is 0 Å². The van der Waals surface area contributed by atoms with Gasteiger partial charge in [0.25, 0.3) is 0 Å². The first-order valence-electron chi connectivity index (χ1n) is 7.36. The van der Waals surface area contributed by atoms with Gasteiger partial charge in [-0.2, -0.15) is 5.10 Å². The Hall–Kier alpha value is -1.91. The SMILES string of the molecule is CCOc1cc(F)c(-c2ccnn2C2CCCC2)c(F)c1. The van der Waals surface area contributed by atoms with Crippen LogP contribution in [-0.2, 0) is 0 Å². The molecule has 1 aliphatic rings. The second kappa shape index (κ2) is 5.84. The van der Waals surface area contributed by atoms with E-state index in [0.29, 0.717) is 12.3 Å². The average molecular weight is 292 g/mol. The maximum absolute atomic E-state index is 14.3. The van der Waals surface area contributed by atoms with E-state index in [9.17, 15) is 8.78 Å². The second-order valence-electron chi connectivity index (χ2n) is 5.29. The Morgan fingerprint density at radius 1 is 1.24 bits per heavy atom. The second-order valence-corrected chi connectivity index (χ2v) is 5.29. The lowest BCUT2D eigenvalue weighted by Crippen LogP contribution is -2.09. The molecule has 21 heavy (non-hydrogen) atoms. The van der Waals surface area contributed by atoms with Crippen LogP contribution >= 0.6 is 0 Å². The first-order chi connectivity index (χ1) is 10.2. The van der Waals surface area contributed by atoms with Crippen molar-refractivity contribution in [2.45, 2.75) is 38.6 Å². The third kappa shape index (κ3) is 2.64. The molecular formula is C16H18F2N2O. The molecule has 1 aliphatic carbocycles. The molecular weight excluding hydrogens is 274 g/mol. The summed E-state index contributed by atoms with van der Waals surface area (Å²) in [6, 6.07) is 4.36. The third-order valence-electron chi connectivity index (χ3n) is 3.92. The smallest absolute Gasteiger partial charge is 0.139 e. The van der Waals surface area contributed by atoms with Gasteiger partial charge in [-0.3, -0.25) is 4.68 Å². The summed E-state index contributed by atoms with van der Waals surface area (Å²) in [7, 11) is 0. The van der Waals surface area contributed by atoms with Gasteiger partial charge in [0.15, 0.2) is 0 Å². The summed E-state index contributed by atoms with van der Waals surface area (Å²) in [4.78, 5) is 0. The molecule has 0 atom stereocenters. The summed E-state index contributed by atoms with van der Waals surface area (Å²) >= 11 is 0. The fourth-order valence-corrected chi connectivity index (χ4v) is 3.00. The van der Waals surface area contributed by atoms with Crippen molar-refractivity contribution < 1.29 is 13.5 Å². The summed E-state index contributed by atoms with van der Waals surface area (Å²) in [5, 5.41) is 4.27. The van der Waals surface area contributed by atoms with E-state index in [-0.39, 0.29) is 17.4 Å². The van der Waals surface area contributed by atoms with Crippen LogP contribution in [0.2, 0.25) is 0 Å². The highest BCUT2D eigenvalue weighted by atomic mass is 19.1. The highest BCUT2D eigenvalue weighted by Crippen LogP contribution is 2.35. The molecule has 1 aromatic heterocycles. The molecule has 0 N–H and O–H groups in total. The molecule has 0 radical (unpaired) electrons. The van der Waals surface area contributed by atoms with Gasteiger partial charge in [-0.15, -0.1) is 0 Å². The number of rotatable bonds is 4. The van der Waals surface area contributed by atoms with E-state index in [0.717, 1.165) is 25.7 Å². The fraction of sp³-hybridized carbons (Fsp3) is 0.438. The number of halogens is 2. The van der Waals surface area contributed by atoms with E-state index < -0.39 is 11.6 Å². The monoisotopic (exact) mass is 292 g/mol. The van der Waals surface area contributed by atoms with Crippen molar-refractivity contribution in [2.24, 2.45) is 0 Å². The number of aromatic nitrogens is 2. The van der Waals surface area contributed by atoms with Crippen LogP contribution in [-0.4, -0.2) is 16.4 Å². The molecule has 0 unspecified atom stereocenters. The van der Waals surface area contributed by atoms with Crippen molar-refractivity contribution in [3.63, 3.8) is 0 Å². The lowest BCUT2D eigenvalue weighted by Gasteiger charge is -2.15. The zero-order valence-corrected chi connectivity index (χ0v) is 12.0. The maximum atomic E-state index is 14.3. The third-order valence-corrected chi connectivity index (χ3v) is 3.92. The molecule has 0 aliphatic heterocycles. The van der Waals surface area contributed by atoms with Crippen LogP contribution in [0.25, 0.3) is 11.3 Å². The van der Waals surface area contributed by atoms with Gasteiger partial charge in [0.1, 0.15) is 17.4 Å². The minimum absolute atomic E-state index is 0.0251. The van der Waals surface area contributed by atoms with Gasteiger partial charge in [0.05, 0.1) is 23.9 Å². The number of nitrogens with zero attached hydrogens (tertiary/aromatic N) is 2. The molecule has 1 fully saturated rings. The van der Waals surface area contributed by atoms with E-state index in [4.69, 9.17) is 4.74 Å². The molecule has 112 valence electrons. The lowest BCUT2D eigenvalue weighted by atomic mass is 10.1. The molecule has 3 rings (SSSR count). The maximum Gasteiger partial charge on any atom is 0.139 e. The van der Waals surface area contributed by atoms with Gasteiger partial charge < -0.3 is 4.74 Å². The first-order valence-corrected chi connectivity index (χ1v) is 7.36. The topological polar surface area (TPSA) is 27.1 Å². The lowest BCUT2D eigenvalue weighted by molar-refractivity contribution is 0.336. The Balaban J connectivity index is 2.03. The zero-order valence-electron chi connectivity index (χ0n) is 12.0. The zero-order chi connectivity index (χ0) is 14.8. The van der Waals surface area contributed by atoms with E-state index in [1.807, 2.05) is 0 Å². The summed E-state index contributed by atoms with van der Waals surface area (Å²) in [5.74, 6) is -1.01. The molecule has 1 heterocycles. The van der Waals surface area contributed by atoms with Gasteiger partial charge in [0, 0.05) is 18.3 Å². The van der Waals surface area contributed by atoms with Crippen LogP contribution < -0.4 is 4.74 Å². The first kappa shape index (κ1) is 14.0. The highest BCUT2D eigenvalue weighted by Gasteiger charge is 2.23. The molecule has 1 aromatic carbocycles. The predicted molar refractivity (Wildman–Crippen MR) is 76.3 cm³/mol. The molecule has 0 bridgehead atoms. The Kier molecular flexibility index (Phi) is 3.90. The van der Waals surface area contributed by atoms with Crippen molar-refractivity contribution in [1.29, 1.82) is 0 Å². The Morgan fingerprint density at radius 3 is 2.52 bits per heavy atom. The quantitative estimate of drug-likeness (QED) is 0.838. The molecule has 1 saturated carbocycles. The van der Waals surface area contributed by atoms with Crippen LogP contribution in [0.4, 0.5) is 8.78 Å². The van der Waals surface area contributed by atoms with Crippen molar-refractivity contribution in [2.75, 3.05) is 6.61 Å². The van der Waals surface area contributed by atoms with Crippen molar-refractivity contribution in [3.05, 3.63) is 36.0 Å². The van der Waals surface area contributed by atoms with Crippen LogP contribution in [0.15, 0.2) is 24.4 Å². The van der Waals surface area contributed by atoms with Crippen LogP contribution in [0, 0.1) is 11.6 Å².